The van der Waals surface area contributed by atoms with Crippen molar-refractivity contribution in [3.8, 4) is 0 Å². The Hall–Kier alpha value is -1.71. The number of aryl methyl sites for hydroxylation is 1. The molecule has 0 amide bonds. The third-order valence-corrected chi connectivity index (χ3v) is 13.1. The van der Waals surface area contributed by atoms with E-state index in [4.69, 9.17) is 16.2 Å². The van der Waals surface area contributed by atoms with Crippen molar-refractivity contribution in [3.63, 3.8) is 0 Å². The monoisotopic (exact) mass is 564 g/mol. The molecule has 0 aromatic heterocycles. The fourth-order valence-electron chi connectivity index (χ4n) is 10.9. The van der Waals surface area contributed by atoms with Crippen LogP contribution in [0.25, 0.3) is 0 Å². The maximum Gasteiger partial charge on any atom is 0.306 e. The number of hydrogen-bond acceptors (Lipinski definition) is 4. The van der Waals surface area contributed by atoms with Crippen molar-refractivity contribution >= 4 is 17.3 Å². The molecule has 4 aliphatic rings. The number of rotatable bonds is 10. The van der Waals surface area contributed by atoms with Gasteiger partial charge in [-0.05, 0) is 141 Å². The van der Waals surface area contributed by atoms with Gasteiger partial charge >= 0.3 is 5.97 Å². The molecular formula is C37H60N2O2. The second-order valence-corrected chi connectivity index (χ2v) is 15.9. The highest BCUT2D eigenvalue weighted by atomic mass is 16.5. The van der Waals surface area contributed by atoms with Gasteiger partial charge in [-0.15, -0.1) is 0 Å². The van der Waals surface area contributed by atoms with Gasteiger partial charge in [0.05, 0.1) is 0 Å². The van der Waals surface area contributed by atoms with Crippen LogP contribution < -0.4 is 11.5 Å². The van der Waals surface area contributed by atoms with E-state index in [2.05, 4.69) is 34.6 Å². The first-order valence-corrected chi connectivity index (χ1v) is 17.3. The van der Waals surface area contributed by atoms with Crippen molar-refractivity contribution in [3.05, 3.63) is 23.8 Å². The highest BCUT2D eigenvalue weighted by Gasteiger charge is 2.60. The molecule has 4 N–H and O–H groups in total. The van der Waals surface area contributed by atoms with Crippen LogP contribution in [0.3, 0.4) is 0 Å². The summed E-state index contributed by atoms with van der Waals surface area (Å²) in [6, 6.07) is 5.66. The van der Waals surface area contributed by atoms with Gasteiger partial charge in [0.15, 0.2) is 0 Å². The molecule has 4 heteroatoms. The van der Waals surface area contributed by atoms with Crippen LogP contribution in [-0.4, -0.2) is 12.1 Å². The first-order chi connectivity index (χ1) is 19.5. The normalized spacial score (nSPS) is 37.2. The Morgan fingerprint density at radius 3 is 2.44 bits per heavy atom. The molecule has 4 saturated carbocycles. The number of esters is 1. The number of nitrogens with two attached hydrogens (primary N) is 2. The average Bonchev–Trinajstić information content (AvgIpc) is 3.27. The molecular weight excluding hydrogens is 504 g/mol. The van der Waals surface area contributed by atoms with Crippen LogP contribution >= 0.6 is 0 Å². The van der Waals surface area contributed by atoms with Gasteiger partial charge in [0.1, 0.15) is 6.10 Å². The number of carbonyl (C=O) groups excluding carboxylic acids is 1. The second-order valence-electron chi connectivity index (χ2n) is 15.9. The Kier molecular flexibility index (Phi) is 9.36. The molecule has 0 bridgehead atoms. The zero-order valence-corrected chi connectivity index (χ0v) is 26.9. The third-order valence-electron chi connectivity index (χ3n) is 13.1. The smallest absolute Gasteiger partial charge is 0.306 e. The number of hydrogen-bond donors (Lipinski definition) is 2. The highest BCUT2D eigenvalue weighted by molar-refractivity contribution is 5.69. The molecule has 0 heterocycles. The van der Waals surface area contributed by atoms with E-state index < -0.39 is 0 Å². The van der Waals surface area contributed by atoms with Crippen molar-refractivity contribution in [2.24, 2.45) is 52.3 Å². The van der Waals surface area contributed by atoms with Crippen LogP contribution in [0.4, 0.5) is 11.4 Å². The Bertz CT molecular complexity index is 1050. The molecule has 4 nitrogen and oxygen atoms in total. The minimum Gasteiger partial charge on any atom is -0.462 e. The van der Waals surface area contributed by atoms with Crippen LogP contribution in [0.15, 0.2) is 18.2 Å². The van der Waals surface area contributed by atoms with Crippen LogP contribution in [0, 0.1) is 52.3 Å². The van der Waals surface area contributed by atoms with Crippen molar-refractivity contribution in [2.75, 3.05) is 11.5 Å². The predicted molar refractivity (Wildman–Crippen MR) is 171 cm³/mol. The molecule has 5 rings (SSSR count). The number of carbonyl (C=O) groups is 1. The molecule has 9 unspecified atom stereocenters. The number of fused-ring (bicyclic) bond motifs is 5. The zero-order chi connectivity index (χ0) is 29.4. The van der Waals surface area contributed by atoms with Crippen LogP contribution in [0.2, 0.25) is 0 Å². The summed E-state index contributed by atoms with van der Waals surface area (Å²) < 4.78 is 6.09. The summed E-state index contributed by atoms with van der Waals surface area (Å²) in [5.74, 6) is 6.04. The van der Waals surface area contributed by atoms with Crippen LogP contribution in [0.5, 0.6) is 0 Å². The summed E-state index contributed by atoms with van der Waals surface area (Å²) in [7, 11) is 0. The van der Waals surface area contributed by atoms with E-state index >= 15 is 0 Å². The van der Waals surface area contributed by atoms with Gasteiger partial charge in [0.2, 0.25) is 0 Å². The molecule has 1 aromatic carbocycles. The Labute approximate surface area is 251 Å². The maximum atomic E-state index is 12.8. The lowest BCUT2D eigenvalue weighted by Crippen LogP contribution is -2.54. The Morgan fingerprint density at radius 1 is 0.927 bits per heavy atom. The molecule has 4 fully saturated rings. The highest BCUT2D eigenvalue weighted by Crippen LogP contribution is 2.68. The SMILES string of the molecule is CC(C)CCCC(C)C1CCC2C3CCC4CC(OC(=O)CCCc5ccc(N)cc5N)CCC4(C)C3CCC12C. The number of ether oxygens (including phenoxy) is 1. The Balaban J connectivity index is 1.13. The molecule has 0 spiro atoms. The Morgan fingerprint density at radius 2 is 1.68 bits per heavy atom. The molecule has 4 aliphatic carbocycles. The average molecular weight is 565 g/mol. The number of nitrogen functional groups attached to an aromatic ring is 2. The number of benzene rings is 1. The van der Waals surface area contributed by atoms with E-state index in [0.29, 0.717) is 34.5 Å². The van der Waals surface area contributed by atoms with Gasteiger partial charge in [0, 0.05) is 17.8 Å². The summed E-state index contributed by atoms with van der Waals surface area (Å²) in [5.41, 5.74) is 15.4. The minimum atomic E-state index is -0.0331. The first-order valence-electron chi connectivity index (χ1n) is 17.3. The van der Waals surface area contributed by atoms with E-state index in [1.165, 1.54) is 64.2 Å². The van der Waals surface area contributed by atoms with Gasteiger partial charge in [0.25, 0.3) is 0 Å². The van der Waals surface area contributed by atoms with Gasteiger partial charge < -0.3 is 16.2 Å². The van der Waals surface area contributed by atoms with Gasteiger partial charge in [-0.3, -0.25) is 4.79 Å². The standard InChI is InChI=1S/C37H60N2O2/c1-24(2)8-6-9-25(3)31-16-17-32-30-15-13-27-22-29(18-20-36(27,4)33(30)19-21-37(31,32)5)41-35(40)11-7-10-26-12-14-28(38)23-34(26)39/h12,14,23-25,27,29-33H,6-11,13,15-22,38-39H2,1-5H3. The molecule has 0 aliphatic heterocycles. The van der Waals surface area contributed by atoms with Gasteiger partial charge in [-0.25, -0.2) is 0 Å². The topological polar surface area (TPSA) is 78.3 Å². The van der Waals surface area contributed by atoms with Crippen molar-refractivity contribution in [1.29, 1.82) is 0 Å². The summed E-state index contributed by atoms with van der Waals surface area (Å²) in [6.45, 7) is 12.7. The lowest BCUT2D eigenvalue weighted by Gasteiger charge is -2.61. The molecule has 230 valence electrons. The summed E-state index contributed by atoms with van der Waals surface area (Å²) >= 11 is 0. The number of anilines is 2. The van der Waals surface area contributed by atoms with Crippen molar-refractivity contribution < 1.29 is 9.53 Å². The first kappa shape index (κ1) is 30.7. The summed E-state index contributed by atoms with van der Waals surface area (Å²) in [4.78, 5) is 12.8. The quantitative estimate of drug-likeness (QED) is 0.219. The van der Waals surface area contributed by atoms with E-state index in [9.17, 15) is 4.79 Å². The van der Waals surface area contributed by atoms with E-state index in [1.54, 1.807) is 6.07 Å². The summed E-state index contributed by atoms with van der Waals surface area (Å²) in [6.07, 6.45) is 18.2. The van der Waals surface area contributed by atoms with Crippen molar-refractivity contribution in [1.82, 2.24) is 0 Å². The fourth-order valence-corrected chi connectivity index (χ4v) is 10.9. The third kappa shape index (κ3) is 6.32. The molecule has 0 saturated heterocycles. The van der Waals surface area contributed by atoms with E-state index in [0.717, 1.165) is 66.8 Å². The van der Waals surface area contributed by atoms with Crippen LogP contribution in [0.1, 0.15) is 130 Å². The molecule has 9 atom stereocenters. The predicted octanol–water partition coefficient (Wildman–Crippen LogP) is 9.21. The molecule has 0 radical (unpaired) electrons. The molecule has 1 aromatic rings. The summed E-state index contributed by atoms with van der Waals surface area (Å²) in [5, 5.41) is 0. The van der Waals surface area contributed by atoms with E-state index in [1.807, 2.05) is 12.1 Å². The second kappa shape index (κ2) is 12.5. The maximum absolute atomic E-state index is 12.8. The van der Waals surface area contributed by atoms with Gasteiger partial charge in [-0.2, -0.15) is 0 Å². The molecule has 41 heavy (non-hydrogen) atoms. The minimum absolute atomic E-state index is 0.0331. The fraction of sp³-hybridized carbons (Fsp3) is 0.811. The van der Waals surface area contributed by atoms with Crippen LogP contribution in [-0.2, 0) is 16.0 Å². The lowest BCUT2D eigenvalue weighted by molar-refractivity contribution is -0.162. The van der Waals surface area contributed by atoms with Crippen molar-refractivity contribution in [2.45, 2.75) is 137 Å². The largest absolute Gasteiger partial charge is 0.462 e. The van der Waals surface area contributed by atoms with Gasteiger partial charge in [-0.1, -0.05) is 59.9 Å². The lowest BCUT2D eigenvalue weighted by atomic mass is 9.44. The van der Waals surface area contributed by atoms with E-state index in [-0.39, 0.29) is 12.1 Å². The zero-order valence-electron chi connectivity index (χ0n) is 26.9.